The van der Waals surface area contributed by atoms with E-state index in [1.807, 2.05) is 0 Å². The van der Waals surface area contributed by atoms with Crippen molar-refractivity contribution in [3.05, 3.63) is 34.4 Å². The number of nitriles is 1. The summed E-state index contributed by atoms with van der Waals surface area (Å²) < 4.78 is 0. The van der Waals surface area contributed by atoms with Crippen LogP contribution in [0.4, 0.5) is 11.4 Å². The molecule has 70 valence electrons. The molecule has 0 bridgehead atoms. The molecule has 0 heterocycles. The maximum Gasteiger partial charge on any atom is 0.294 e. The van der Waals surface area contributed by atoms with Crippen molar-refractivity contribution < 1.29 is 4.92 Å². The summed E-state index contributed by atoms with van der Waals surface area (Å²) in [5.74, 6) is 0. The average molecular weight is 190 g/mol. The number of nitrogens with zero attached hydrogens (tertiary/aromatic N) is 3. The molecule has 1 aromatic carbocycles. The second-order valence-electron chi connectivity index (χ2n) is 2.27. The minimum atomic E-state index is -0.524. The van der Waals surface area contributed by atoms with Crippen molar-refractivity contribution >= 4 is 17.6 Å². The Morgan fingerprint density at radius 1 is 1.57 bits per heavy atom. The van der Waals surface area contributed by atoms with Gasteiger partial charge in [0, 0.05) is 6.07 Å². The Hall–Kier alpha value is -2.42. The van der Waals surface area contributed by atoms with Crippen molar-refractivity contribution in [1.29, 1.82) is 5.26 Å². The van der Waals surface area contributed by atoms with Gasteiger partial charge in [0.05, 0.1) is 4.92 Å². The van der Waals surface area contributed by atoms with Gasteiger partial charge in [0.1, 0.15) is 18.0 Å². The zero-order chi connectivity index (χ0) is 10.4. The van der Waals surface area contributed by atoms with Crippen molar-refractivity contribution in [2.75, 3.05) is 5.43 Å². The number of nitro benzene ring substituents is 1. The van der Waals surface area contributed by atoms with E-state index in [4.69, 9.17) is 5.26 Å². The Morgan fingerprint density at radius 2 is 2.29 bits per heavy atom. The van der Waals surface area contributed by atoms with Crippen LogP contribution in [-0.4, -0.2) is 11.1 Å². The standard InChI is InChI=1S/C8H6N4O2/c9-5-6-10-11-7-3-1-2-4-8(7)12(13)14/h1-4,6,11H/b10-6+. The lowest BCUT2D eigenvalue weighted by Crippen LogP contribution is -1.95. The van der Waals surface area contributed by atoms with Crippen LogP contribution in [0.3, 0.4) is 0 Å². The first-order valence-corrected chi connectivity index (χ1v) is 3.66. The lowest BCUT2D eigenvalue weighted by Gasteiger charge is -1.99. The molecule has 0 aliphatic heterocycles. The molecule has 14 heavy (non-hydrogen) atoms. The number of hydrazone groups is 1. The van der Waals surface area contributed by atoms with Crippen LogP contribution < -0.4 is 5.43 Å². The molecule has 0 radical (unpaired) electrons. The molecular formula is C8H6N4O2. The second-order valence-corrected chi connectivity index (χ2v) is 2.27. The highest BCUT2D eigenvalue weighted by Gasteiger charge is 2.10. The van der Waals surface area contributed by atoms with E-state index >= 15 is 0 Å². The van der Waals surface area contributed by atoms with Gasteiger partial charge in [-0.25, -0.2) is 0 Å². The van der Waals surface area contributed by atoms with Gasteiger partial charge < -0.3 is 0 Å². The normalized spacial score (nSPS) is 9.64. The van der Waals surface area contributed by atoms with E-state index < -0.39 is 4.92 Å². The first-order valence-electron chi connectivity index (χ1n) is 3.66. The number of hydrogen-bond donors (Lipinski definition) is 1. The van der Waals surface area contributed by atoms with E-state index in [0.29, 0.717) is 0 Å². The molecule has 0 unspecified atom stereocenters. The van der Waals surface area contributed by atoms with Crippen molar-refractivity contribution in [1.82, 2.24) is 0 Å². The van der Waals surface area contributed by atoms with Gasteiger partial charge >= 0.3 is 0 Å². The van der Waals surface area contributed by atoms with Gasteiger partial charge in [-0.3, -0.25) is 15.5 Å². The number of para-hydroxylation sites is 2. The van der Waals surface area contributed by atoms with Gasteiger partial charge in [-0.2, -0.15) is 10.4 Å². The first kappa shape index (κ1) is 9.67. The summed E-state index contributed by atoms with van der Waals surface area (Å²) in [5, 5.41) is 22.1. The van der Waals surface area contributed by atoms with Gasteiger partial charge in [0.25, 0.3) is 5.69 Å². The summed E-state index contributed by atoms with van der Waals surface area (Å²) in [6, 6.07) is 7.71. The Kier molecular flexibility index (Phi) is 3.15. The lowest BCUT2D eigenvalue weighted by molar-refractivity contribution is -0.384. The largest absolute Gasteiger partial charge is 0.294 e. The van der Waals surface area contributed by atoms with Crippen molar-refractivity contribution in [2.24, 2.45) is 5.10 Å². The Bertz CT molecular complexity index is 408. The molecule has 0 aliphatic rings. The van der Waals surface area contributed by atoms with Crippen LogP contribution in [0.25, 0.3) is 0 Å². The minimum absolute atomic E-state index is 0.0809. The Labute approximate surface area is 79.6 Å². The Morgan fingerprint density at radius 3 is 2.93 bits per heavy atom. The summed E-state index contributed by atoms with van der Waals surface area (Å²) >= 11 is 0. The fraction of sp³-hybridized carbons (Fsp3) is 0. The van der Waals surface area contributed by atoms with Gasteiger partial charge in [-0.1, -0.05) is 12.1 Å². The van der Waals surface area contributed by atoms with Crippen LogP contribution in [0.15, 0.2) is 29.4 Å². The first-order chi connectivity index (χ1) is 6.75. The van der Waals surface area contributed by atoms with Crippen LogP contribution in [0, 0.1) is 21.4 Å². The minimum Gasteiger partial charge on any atom is -0.271 e. The summed E-state index contributed by atoms with van der Waals surface area (Å²) in [7, 11) is 0. The summed E-state index contributed by atoms with van der Waals surface area (Å²) in [5.41, 5.74) is 2.57. The molecule has 6 heteroatoms. The number of anilines is 1. The summed E-state index contributed by atoms with van der Waals surface area (Å²) in [6.45, 7) is 0. The monoisotopic (exact) mass is 190 g/mol. The molecule has 1 N–H and O–H groups in total. The maximum absolute atomic E-state index is 10.5. The van der Waals surface area contributed by atoms with E-state index in [1.54, 1.807) is 18.2 Å². The third kappa shape index (κ3) is 2.28. The fourth-order valence-electron chi connectivity index (χ4n) is 0.858. The zero-order valence-corrected chi connectivity index (χ0v) is 7.04. The lowest BCUT2D eigenvalue weighted by atomic mass is 10.3. The highest BCUT2D eigenvalue weighted by molar-refractivity contribution is 5.76. The van der Waals surface area contributed by atoms with Gasteiger partial charge in [-0.05, 0) is 6.07 Å². The predicted molar refractivity (Wildman–Crippen MR) is 50.8 cm³/mol. The van der Waals surface area contributed by atoms with Crippen LogP contribution in [0.5, 0.6) is 0 Å². The van der Waals surface area contributed by atoms with Crippen LogP contribution in [0.2, 0.25) is 0 Å². The molecule has 0 spiro atoms. The number of hydrogen-bond acceptors (Lipinski definition) is 5. The van der Waals surface area contributed by atoms with Crippen molar-refractivity contribution in [3.63, 3.8) is 0 Å². The summed E-state index contributed by atoms with van der Waals surface area (Å²) in [6.07, 6.45) is 0.955. The molecule has 0 saturated heterocycles. The smallest absolute Gasteiger partial charge is 0.271 e. The maximum atomic E-state index is 10.5. The van der Waals surface area contributed by atoms with Gasteiger partial charge in [-0.15, -0.1) is 0 Å². The second kappa shape index (κ2) is 4.57. The number of benzene rings is 1. The van der Waals surface area contributed by atoms with Crippen LogP contribution in [0.1, 0.15) is 0 Å². The highest BCUT2D eigenvalue weighted by atomic mass is 16.6. The number of nitro groups is 1. The molecule has 0 atom stereocenters. The molecule has 1 rings (SSSR count). The zero-order valence-electron chi connectivity index (χ0n) is 7.04. The third-order valence-electron chi connectivity index (χ3n) is 1.41. The van der Waals surface area contributed by atoms with Gasteiger partial charge in [0.2, 0.25) is 0 Å². The van der Waals surface area contributed by atoms with E-state index in [1.165, 1.54) is 12.1 Å². The molecule has 0 saturated carbocycles. The van der Waals surface area contributed by atoms with Crippen LogP contribution in [-0.2, 0) is 0 Å². The van der Waals surface area contributed by atoms with E-state index in [9.17, 15) is 10.1 Å². The molecule has 1 aromatic rings. The summed E-state index contributed by atoms with van der Waals surface area (Å²) in [4.78, 5) is 9.98. The van der Waals surface area contributed by atoms with E-state index in [0.717, 1.165) is 6.21 Å². The van der Waals surface area contributed by atoms with Crippen molar-refractivity contribution in [3.8, 4) is 6.07 Å². The fourth-order valence-corrected chi connectivity index (χ4v) is 0.858. The third-order valence-corrected chi connectivity index (χ3v) is 1.41. The average Bonchev–Trinajstić information content (AvgIpc) is 2.19. The van der Waals surface area contributed by atoms with Gasteiger partial charge in [0.15, 0.2) is 0 Å². The molecule has 0 fully saturated rings. The Balaban J connectivity index is 2.91. The molecule has 0 amide bonds. The number of rotatable bonds is 3. The number of nitrogens with one attached hydrogen (secondary N) is 1. The molecule has 0 aromatic heterocycles. The quantitative estimate of drug-likeness (QED) is 0.444. The topological polar surface area (TPSA) is 91.3 Å². The molecule has 0 aliphatic carbocycles. The molecular weight excluding hydrogens is 184 g/mol. The van der Waals surface area contributed by atoms with E-state index in [2.05, 4.69) is 10.5 Å². The van der Waals surface area contributed by atoms with Crippen LogP contribution >= 0.6 is 0 Å². The molecule has 6 nitrogen and oxygen atoms in total. The SMILES string of the molecule is N#C/C=N/Nc1ccccc1[N+](=O)[O-]. The highest BCUT2D eigenvalue weighted by Crippen LogP contribution is 2.22. The predicted octanol–water partition coefficient (Wildman–Crippen LogP) is 1.52. The van der Waals surface area contributed by atoms with E-state index in [-0.39, 0.29) is 11.4 Å². The van der Waals surface area contributed by atoms with Crippen molar-refractivity contribution in [2.45, 2.75) is 0 Å².